The molecule has 0 amide bonds. The van der Waals surface area contributed by atoms with E-state index in [4.69, 9.17) is 5.11 Å². The maximum atomic E-state index is 12.9. The average Bonchev–Trinajstić information content (AvgIpc) is 3.06. The molecule has 3 aromatic carbocycles. The predicted molar refractivity (Wildman–Crippen MR) is 118 cm³/mol. The van der Waals surface area contributed by atoms with Crippen molar-refractivity contribution in [3.63, 3.8) is 0 Å². The molecule has 0 saturated carbocycles. The third kappa shape index (κ3) is 3.56. The van der Waals surface area contributed by atoms with Crippen LogP contribution in [-0.4, -0.2) is 21.6 Å². The van der Waals surface area contributed by atoms with Crippen LogP contribution in [0.4, 0.5) is 0 Å². The molecular weight excluding hydrogens is 348 g/mol. The molecule has 4 nitrogen and oxygen atoms in total. The monoisotopic (exact) mass is 374 g/mol. The molecule has 5 aromatic rings. The first-order chi connectivity index (χ1) is 13.3. The number of para-hydroxylation sites is 2. The van der Waals surface area contributed by atoms with Gasteiger partial charge in [0, 0.05) is 23.3 Å². The Kier molecular flexibility index (Phi) is 5.34. The second kappa shape index (κ2) is 7.56. The van der Waals surface area contributed by atoms with E-state index >= 15 is 0 Å². The van der Waals surface area contributed by atoms with Gasteiger partial charge in [-0.2, -0.15) is 0 Å². The van der Waals surface area contributed by atoms with E-state index in [-0.39, 0.29) is 5.56 Å². The number of rotatable bonds is 0. The largest absolute Gasteiger partial charge is 0.400 e. The van der Waals surface area contributed by atoms with Gasteiger partial charge in [0.2, 0.25) is 0 Å². The Bertz CT molecular complexity index is 1290. The van der Waals surface area contributed by atoms with Gasteiger partial charge < -0.3 is 5.11 Å². The standard InChI is InChI=1S/C18H10N2O.C5H12.CH4O/c21-18-13-8-4-6-11-5-3-7-12(16(11)13)17-19-14-9-1-2-10-15(14)20(17)18;1-5(2,3)4;1-2/h1-10H;1-4H3;2H,1H3. The van der Waals surface area contributed by atoms with Crippen molar-refractivity contribution in [3.8, 4) is 0 Å². The quantitative estimate of drug-likeness (QED) is 0.403. The first-order valence-electron chi connectivity index (χ1n) is 9.33. The molecule has 28 heavy (non-hydrogen) atoms. The van der Waals surface area contributed by atoms with Crippen LogP contribution in [0.3, 0.4) is 0 Å². The van der Waals surface area contributed by atoms with E-state index < -0.39 is 0 Å². The number of fused-ring (bicyclic) bond motifs is 4. The molecule has 2 heterocycles. The van der Waals surface area contributed by atoms with Crippen LogP contribution in [0.1, 0.15) is 27.7 Å². The van der Waals surface area contributed by atoms with E-state index in [1.165, 1.54) is 0 Å². The van der Waals surface area contributed by atoms with E-state index in [0.717, 1.165) is 45.3 Å². The Morgan fingerprint density at radius 1 is 0.821 bits per heavy atom. The summed E-state index contributed by atoms with van der Waals surface area (Å²) in [6.45, 7) is 8.75. The van der Waals surface area contributed by atoms with Crippen molar-refractivity contribution < 1.29 is 5.11 Å². The Hall–Kier alpha value is -2.98. The van der Waals surface area contributed by atoms with Gasteiger partial charge in [-0.3, -0.25) is 9.20 Å². The summed E-state index contributed by atoms with van der Waals surface area (Å²) in [6, 6.07) is 19.7. The van der Waals surface area contributed by atoms with Crippen LogP contribution >= 0.6 is 0 Å². The molecule has 0 bridgehead atoms. The van der Waals surface area contributed by atoms with Gasteiger partial charge in [0.1, 0.15) is 5.65 Å². The van der Waals surface area contributed by atoms with Gasteiger partial charge in [-0.05, 0) is 29.0 Å². The summed E-state index contributed by atoms with van der Waals surface area (Å²) in [5, 5.41) is 10.9. The number of hydrogen-bond acceptors (Lipinski definition) is 3. The number of aromatic nitrogens is 2. The molecule has 0 radical (unpaired) electrons. The van der Waals surface area contributed by atoms with E-state index in [9.17, 15) is 4.79 Å². The minimum absolute atomic E-state index is 0.00278. The fraction of sp³-hybridized carbons (Fsp3) is 0.250. The van der Waals surface area contributed by atoms with Crippen molar-refractivity contribution in [3.05, 3.63) is 71.0 Å². The highest BCUT2D eigenvalue weighted by atomic mass is 16.2. The Morgan fingerprint density at radius 3 is 2.04 bits per heavy atom. The molecule has 0 aliphatic heterocycles. The first-order valence-corrected chi connectivity index (χ1v) is 9.33. The molecule has 0 fully saturated rings. The van der Waals surface area contributed by atoms with Crippen molar-refractivity contribution in [2.75, 3.05) is 7.11 Å². The summed E-state index contributed by atoms with van der Waals surface area (Å²) in [5.41, 5.74) is 2.96. The highest BCUT2D eigenvalue weighted by Crippen LogP contribution is 2.29. The number of hydrogen-bond donors (Lipinski definition) is 1. The SMILES string of the molecule is CC(C)(C)C.CO.O=c1c2cccc3cccc(c32)c2nc3ccccc3n12. The van der Waals surface area contributed by atoms with Crippen LogP contribution < -0.4 is 5.56 Å². The number of imidazole rings is 1. The summed E-state index contributed by atoms with van der Waals surface area (Å²) in [7, 11) is 1.00. The van der Waals surface area contributed by atoms with Gasteiger partial charge in [-0.1, -0.05) is 70.2 Å². The number of aliphatic hydroxyl groups is 1. The molecule has 1 N–H and O–H groups in total. The Morgan fingerprint density at radius 2 is 1.39 bits per heavy atom. The molecule has 0 aliphatic rings. The summed E-state index contributed by atoms with van der Waals surface area (Å²) >= 11 is 0. The number of benzene rings is 3. The lowest BCUT2D eigenvalue weighted by atomic mass is 10.0. The Balaban J connectivity index is 0.000000284. The predicted octanol–water partition coefficient (Wildman–Crippen LogP) is 5.25. The summed E-state index contributed by atoms with van der Waals surface area (Å²) < 4.78 is 1.73. The van der Waals surface area contributed by atoms with Crippen LogP contribution in [0.25, 0.3) is 38.2 Å². The molecule has 5 rings (SSSR count). The second-order valence-electron chi connectivity index (χ2n) is 8.27. The first kappa shape index (κ1) is 19.8. The van der Waals surface area contributed by atoms with Gasteiger partial charge in [0.05, 0.1) is 11.0 Å². The van der Waals surface area contributed by atoms with E-state index in [2.05, 4.69) is 32.7 Å². The van der Waals surface area contributed by atoms with E-state index in [1.807, 2.05) is 60.7 Å². The molecule has 144 valence electrons. The van der Waals surface area contributed by atoms with Crippen LogP contribution in [0.5, 0.6) is 0 Å². The van der Waals surface area contributed by atoms with Gasteiger partial charge in [0.25, 0.3) is 5.56 Å². The van der Waals surface area contributed by atoms with Gasteiger partial charge in [-0.25, -0.2) is 4.98 Å². The summed E-state index contributed by atoms with van der Waals surface area (Å²) in [6.07, 6.45) is 0. The Labute approximate surface area is 164 Å². The number of pyridine rings is 1. The molecule has 0 aliphatic carbocycles. The number of aliphatic hydroxyl groups excluding tert-OH is 1. The van der Waals surface area contributed by atoms with E-state index in [0.29, 0.717) is 5.41 Å². The topological polar surface area (TPSA) is 54.6 Å². The molecular formula is C24H26N2O2. The van der Waals surface area contributed by atoms with Crippen molar-refractivity contribution in [2.45, 2.75) is 27.7 Å². The molecule has 0 atom stereocenters. The van der Waals surface area contributed by atoms with Crippen molar-refractivity contribution in [1.29, 1.82) is 0 Å². The van der Waals surface area contributed by atoms with Crippen molar-refractivity contribution >= 4 is 38.2 Å². The smallest absolute Gasteiger partial charge is 0.264 e. The third-order valence-corrected chi connectivity index (χ3v) is 4.14. The highest BCUT2D eigenvalue weighted by molar-refractivity contribution is 6.15. The van der Waals surface area contributed by atoms with Crippen LogP contribution in [-0.2, 0) is 0 Å². The molecule has 4 heteroatoms. The maximum absolute atomic E-state index is 12.9. The van der Waals surface area contributed by atoms with Crippen molar-refractivity contribution in [1.82, 2.24) is 9.38 Å². The van der Waals surface area contributed by atoms with Gasteiger partial charge in [-0.15, -0.1) is 0 Å². The minimum Gasteiger partial charge on any atom is -0.400 e. The normalized spacial score (nSPS) is 11.4. The second-order valence-corrected chi connectivity index (χ2v) is 8.27. The minimum atomic E-state index is 0.00278. The van der Waals surface area contributed by atoms with Crippen LogP contribution in [0.2, 0.25) is 0 Å². The van der Waals surface area contributed by atoms with Crippen LogP contribution in [0, 0.1) is 5.41 Å². The zero-order valence-electron chi connectivity index (χ0n) is 17.0. The average molecular weight is 374 g/mol. The molecule has 0 unspecified atom stereocenters. The zero-order valence-corrected chi connectivity index (χ0v) is 17.0. The van der Waals surface area contributed by atoms with Crippen molar-refractivity contribution in [2.24, 2.45) is 5.41 Å². The van der Waals surface area contributed by atoms with Gasteiger partial charge in [0.15, 0.2) is 0 Å². The molecule has 2 aromatic heterocycles. The lowest BCUT2D eigenvalue weighted by Gasteiger charge is -2.06. The zero-order chi connectivity index (χ0) is 20.5. The van der Waals surface area contributed by atoms with Crippen LogP contribution in [0.15, 0.2) is 65.5 Å². The van der Waals surface area contributed by atoms with E-state index in [1.54, 1.807) is 4.40 Å². The maximum Gasteiger partial charge on any atom is 0.264 e. The fourth-order valence-electron chi connectivity index (χ4n) is 3.24. The molecule has 0 spiro atoms. The summed E-state index contributed by atoms with van der Waals surface area (Å²) in [4.78, 5) is 17.6. The lowest BCUT2D eigenvalue weighted by molar-refractivity contribution is 0.399. The fourth-order valence-corrected chi connectivity index (χ4v) is 3.24. The number of nitrogens with zero attached hydrogens (tertiary/aromatic N) is 2. The lowest BCUT2D eigenvalue weighted by Crippen LogP contribution is -2.13. The highest BCUT2D eigenvalue weighted by Gasteiger charge is 2.14. The van der Waals surface area contributed by atoms with Gasteiger partial charge >= 0.3 is 0 Å². The summed E-state index contributed by atoms with van der Waals surface area (Å²) in [5.74, 6) is 0. The third-order valence-electron chi connectivity index (χ3n) is 4.14. The molecule has 0 saturated heterocycles.